The molecule has 0 fully saturated rings. The molecule has 8 rings (SSSR count). The zero-order valence-corrected chi connectivity index (χ0v) is 19.4. The average molecular weight is 457 g/mol. The summed E-state index contributed by atoms with van der Waals surface area (Å²) in [5, 5.41) is 19.7. The Balaban J connectivity index is 1.41. The van der Waals surface area contributed by atoms with Gasteiger partial charge in [-0.05, 0) is 79.9 Å². The van der Waals surface area contributed by atoms with E-state index in [4.69, 9.17) is 0 Å². The van der Waals surface area contributed by atoms with Crippen LogP contribution in [0.5, 0.6) is 0 Å². The molecular weight excluding hydrogens is 436 g/mol. The normalized spacial score (nSPS) is 16.3. The van der Waals surface area contributed by atoms with Gasteiger partial charge in [-0.1, -0.05) is 84.9 Å². The van der Waals surface area contributed by atoms with E-state index >= 15 is 0 Å². The fourth-order valence-electron chi connectivity index (χ4n) is 6.14. The zero-order chi connectivity index (χ0) is 24.2. The molecule has 0 radical (unpaired) electrons. The molecule has 2 heteroatoms. The highest BCUT2D eigenvalue weighted by Gasteiger charge is 2.41. The lowest BCUT2D eigenvalue weighted by molar-refractivity contribution is 0.754. The molecule has 0 heterocycles. The van der Waals surface area contributed by atoms with Gasteiger partial charge < -0.3 is 0 Å². The third-order valence-corrected chi connectivity index (χ3v) is 7.72. The Kier molecular flexibility index (Phi) is 4.44. The van der Waals surface area contributed by atoms with Crippen LogP contribution in [0.2, 0.25) is 0 Å². The van der Waals surface area contributed by atoms with Gasteiger partial charge in [0.25, 0.3) is 0 Å². The van der Waals surface area contributed by atoms with Gasteiger partial charge in [-0.25, -0.2) is 0 Å². The first kappa shape index (κ1) is 20.5. The van der Waals surface area contributed by atoms with Crippen LogP contribution >= 0.6 is 0 Å². The van der Waals surface area contributed by atoms with E-state index in [9.17, 15) is 10.5 Å². The van der Waals surface area contributed by atoms with Crippen molar-refractivity contribution in [1.82, 2.24) is 0 Å². The summed E-state index contributed by atoms with van der Waals surface area (Å²) in [4.78, 5) is 0. The van der Waals surface area contributed by atoms with Crippen molar-refractivity contribution in [1.29, 1.82) is 10.5 Å². The topological polar surface area (TPSA) is 47.6 Å². The van der Waals surface area contributed by atoms with Crippen molar-refractivity contribution in [3.63, 3.8) is 0 Å². The second-order valence-corrected chi connectivity index (χ2v) is 9.53. The van der Waals surface area contributed by atoms with E-state index in [1.54, 1.807) is 0 Å². The predicted molar refractivity (Wildman–Crippen MR) is 142 cm³/mol. The van der Waals surface area contributed by atoms with Crippen LogP contribution in [0.3, 0.4) is 0 Å². The number of hydrogen-bond donors (Lipinski definition) is 0. The number of benzene rings is 5. The second-order valence-electron chi connectivity index (χ2n) is 9.53. The van der Waals surface area contributed by atoms with E-state index < -0.39 is 0 Å². The first-order valence-electron chi connectivity index (χ1n) is 12.1. The van der Waals surface area contributed by atoms with Crippen molar-refractivity contribution in [2.24, 2.45) is 0 Å². The first-order valence-corrected chi connectivity index (χ1v) is 12.1. The molecular formula is C34H20N2. The van der Waals surface area contributed by atoms with Gasteiger partial charge in [0.1, 0.15) is 0 Å². The Hall–Kier alpha value is -4.92. The van der Waals surface area contributed by atoms with E-state index in [2.05, 4.69) is 91.0 Å². The molecule has 3 aliphatic carbocycles. The van der Waals surface area contributed by atoms with Gasteiger partial charge >= 0.3 is 0 Å². The zero-order valence-electron chi connectivity index (χ0n) is 19.4. The highest BCUT2D eigenvalue weighted by Crippen LogP contribution is 2.56. The Bertz CT molecular complexity index is 1750. The van der Waals surface area contributed by atoms with E-state index in [-0.39, 0.29) is 11.8 Å². The molecule has 2 bridgehead atoms. The van der Waals surface area contributed by atoms with Gasteiger partial charge in [-0.15, -0.1) is 0 Å². The fraction of sp³-hybridized carbons (Fsp3) is 0.0588. The summed E-state index contributed by atoms with van der Waals surface area (Å²) in [6.07, 6.45) is 0. The van der Waals surface area contributed by atoms with Crippen molar-refractivity contribution in [2.75, 3.05) is 0 Å². The summed E-state index contributed by atoms with van der Waals surface area (Å²) in [5.41, 5.74) is 13.2. The second kappa shape index (κ2) is 7.81. The van der Waals surface area contributed by atoms with E-state index in [1.807, 2.05) is 30.3 Å². The summed E-state index contributed by atoms with van der Waals surface area (Å²) in [6.45, 7) is 0. The summed E-state index contributed by atoms with van der Waals surface area (Å²) in [6, 6.07) is 42.6. The largest absolute Gasteiger partial charge is 0.192 e. The van der Waals surface area contributed by atoms with Crippen LogP contribution in [-0.2, 0) is 0 Å². The third-order valence-electron chi connectivity index (χ3n) is 7.72. The van der Waals surface area contributed by atoms with Crippen molar-refractivity contribution in [3.05, 3.63) is 154 Å². The number of nitriles is 2. The lowest BCUT2D eigenvalue weighted by Crippen LogP contribution is -2.27. The molecule has 166 valence electrons. The van der Waals surface area contributed by atoms with Gasteiger partial charge in [0, 0.05) is 11.8 Å². The van der Waals surface area contributed by atoms with E-state index in [1.165, 1.54) is 38.9 Å². The lowest BCUT2D eigenvalue weighted by Gasteiger charge is -2.42. The molecule has 2 atom stereocenters. The summed E-state index contributed by atoms with van der Waals surface area (Å²) in [5.74, 6) is 0.130. The Morgan fingerprint density at radius 2 is 1.00 bits per heavy atom. The molecule has 0 saturated heterocycles. The number of hydrogen-bond acceptors (Lipinski definition) is 2. The summed E-state index contributed by atoms with van der Waals surface area (Å²) < 4.78 is 0. The van der Waals surface area contributed by atoms with E-state index in [0.29, 0.717) is 11.1 Å². The van der Waals surface area contributed by atoms with Gasteiger partial charge in [0.15, 0.2) is 0 Å². The number of rotatable bonds is 2. The molecule has 36 heavy (non-hydrogen) atoms. The molecule has 0 amide bonds. The average Bonchev–Trinajstić information content (AvgIpc) is 2.96. The van der Waals surface area contributed by atoms with E-state index in [0.717, 1.165) is 16.7 Å². The standard InChI is InChI=1S/C34H20N2/c35-19-21-10-15-28-30(16-21)34-27-9-5-4-8-26(27)33(28)32-18-29(25(20-36)17-31(32)34)24-13-11-23(12-14-24)22-6-2-1-3-7-22/h1-18,33-34H. The third kappa shape index (κ3) is 2.89. The van der Waals surface area contributed by atoms with Crippen LogP contribution in [0.4, 0.5) is 0 Å². The Labute approximate surface area is 210 Å². The molecule has 2 nitrogen and oxygen atoms in total. The summed E-state index contributed by atoms with van der Waals surface area (Å²) >= 11 is 0. The monoisotopic (exact) mass is 456 g/mol. The molecule has 0 aromatic heterocycles. The SMILES string of the molecule is N#Cc1ccc2c(c1)C1c3ccccc3C2c2cc(-c3ccc(-c4ccccc4)cc3)c(C#N)cc21. The maximum atomic E-state index is 10.2. The minimum absolute atomic E-state index is 0.0334. The predicted octanol–water partition coefficient (Wildman–Crippen LogP) is 7.75. The minimum Gasteiger partial charge on any atom is -0.192 e. The van der Waals surface area contributed by atoms with Crippen LogP contribution in [-0.4, -0.2) is 0 Å². The molecule has 0 N–H and O–H groups in total. The summed E-state index contributed by atoms with van der Waals surface area (Å²) in [7, 11) is 0. The minimum atomic E-state index is 0.0334. The van der Waals surface area contributed by atoms with Crippen molar-refractivity contribution in [3.8, 4) is 34.4 Å². The Morgan fingerprint density at radius 1 is 0.444 bits per heavy atom. The van der Waals surface area contributed by atoms with Crippen LogP contribution in [0.1, 0.15) is 56.3 Å². The van der Waals surface area contributed by atoms with Crippen LogP contribution < -0.4 is 0 Å². The van der Waals surface area contributed by atoms with Crippen molar-refractivity contribution >= 4 is 0 Å². The molecule has 0 aliphatic heterocycles. The smallest absolute Gasteiger partial charge is 0.0998 e. The van der Waals surface area contributed by atoms with Crippen molar-refractivity contribution < 1.29 is 0 Å². The number of nitrogens with zero attached hydrogens (tertiary/aromatic N) is 2. The first-order chi connectivity index (χ1) is 17.8. The van der Waals surface area contributed by atoms with Gasteiger partial charge in [-0.2, -0.15) is 10.5 Å². The van der Waals surface area contributed by atoms with Crippen molar-refractivity contribution in [2.45, 2.75) is 11.8 Å². The molecule has 2 unspecified atom stereocenters. The van der Waals surface area contributed by atoms with Gasteiger partial charge in [0.05, 0.1) is 23.3 Å². The Morgan fingerprint density at radius 3 is 1.69 bits per heavy atom. The quantitative estimate of drug-likeness (QED) is 0.267. The van der Waals surface area contributed by atoms with Crippen LogP contribution in [0, 0.1) is 22.7 Å². The highest BCUT2D eigenvalue weighted by molar-refractivity contribution is 5.79. The fourth-order valence-corrected chi connectivity index (χ4v) is 6.14. The molecule has 0 saturated carbocycles. The van der Waals surface area contributed by atoms with Gasteiger partial charge in [-0.3, -0.25) is 0 Å². The molecule has 5 aromatic rings. The maximum absolute atomic E-state index is 10.2. The molecule has 3 aliphatic rings. The van der Waals surface area contributed by atoms with Crippen LogP contribution in [0.25, 0.3) is 22.3 Å². The molecule has 5 aromatic carbocycles. The van der Waals surface area contributed by atoms with Gasteiger partial charge in [0.2, 0.25) is 0 Å². The maximum Gasteiger partial charge on any atom is 0.0998 e. The lowest BCUT2D eigenvalue weighted by atomic mass is 9.60. The highest BCUT2D eigenvalue weighted by atomic mass is 14.4. The molecule has 0 spiro atoms. The van der Waals surface area contributed by atoms with Crippen LogP contribution in [0.15, 0.2) is 109 Å².